The van der Waals surface area contributed by atoms with E-state index < -0.39 is 17.7 Å². The lowest BCUT2D eigenvalue weighted by Gasteiger charge is -2.25. The number of anilines is 1. The van der Waals surface area contributed by atoms with Gasteiger partial charge in [0.25, 0.3) is 5.91 Å². The fraction of sp³-hybridized carbons (Fsp3) is 0.211. The average Bonchev–Trinajstić information content (AvgIpc) is 3.42. The highest BCUT2D eigenvalue weighted by Gasteiger charge is 2.26. The molecule has 1 aliphatic carbocycles. The van der Waals surface area contributed by atoms with Crippen molar-refractivity contribution in [3.63, 3.8) is 0 Å². The number of aromatic nitrogens is 6. The Morgan fingerprint density at radius 3 is 2.83 bits per heavy atom. The maximum atomic E-state index is 14.3. The quantitative estimate of drug-likeness (QED) is 0.485. The highest BCUT2D eigenvalue weighted by atomic mass is 19.1. The molecular formula is C19H15F2N7O2. The lowest BCUT2D eigenvalue weighted by atomic mass is 9.93. The first-order chi connectivity index (χ1) is 14.6. The first kappa shape index (κ1) is 18.2. The number of hydrogen-bond donors (Lipinski definition) is 2. The third-order valence-corrected chi connectivity index (χ3v) is 4.95. The van der Waals surface area contributed by atoms with E-state index >= 15 is 0 Å². The fourth-order valence-electron chi connectivity index (χ4n) is 3.15. The highest BCUT2D eigenvalue weighted by molar-refractivity contribution is 6.04. The van der Waals surface area contributed by atoms with Gasteiger partial charge >= 0.3 is 0 Å². The van der Waals surface area contributed by atoms with Crippen LogP contribution in [0.2, 0.25) is 0 Å². The van der Waals surface area contributed by atoms with E-state index in [0.29, 0.717) is 5.56 Å². The van der Waals surface area contributed by atoms with Gasteiger partial charge in [-0.3, -0.25) is 14.6 Å². The number of carbonyl (C=O) groups is 1. The summed E-state index contributed by atoms with van der Waals surface area (Å²) < 4.78 is 34.9. The van der Waals surface area contributed by atoms with E-state index in [9.17, 15) is 13.6 Å². The van der Waals surface area contributed by atoms with Crippen LogP contribution < -0.4 is 5.32 Å². The lowest BCUT2D eigenvalue weighted by Crippen LogP contribution is -2.17. The molecule has 1 fully saturated rings. The van der Waals surface area contributed by atoms with E-state index in [-0.39, 0.29) is 34.7 Å². The first-order valence-electron chi connectivity index (χ1n) is 9.26. The average molecular weight is 411 g/mol. The number of halogens is 2. The molecule has 4 aromatic rings. The topological polar surface area (TPSA) is 115 Å². The van der Waals surface area contributed by atoms with Crippen LogP contribution in [-0.4, -0.2) is 35.9 Å². The molecule has 11 heteroatoms. The molecule has 0 saturated heterocycles. The van der Waals surface area contributed by atoms with Crippen LogP contribution in [0.5, 0.6) is 0 Å². The van der Waals surface area contributed by atoms with Crippen LogP contribution in [0.3, 0.4) is 0 Å². The van der Waals surface area contributed by atoms with Crippen molar-refractivity contribution in [3.05, 3.63) is 54.4 Å². The van der Waals surface area contributed by atoms with E-state index in [1.54, 1.807) is 17.1 Å². The van der Waals surface area contributed by atoms with Gasteiger partial charge in [0.1, 0.15) is 17.7 Å². The van der Waals surface area contributed by atoms with Gasteiger partial charge < -0.3 is 9.73 Å². The summed E-state index contributed by atoms with van der Waals surface area (Å²) in [6, 6.07) is 2.04. The van der Waals surface area contributed by atoms with Crippen LogP contribution >= 0.6 is 0 Å². The van der Waals surface area contributed by atoms with Gasteiger partial charge in [0.05, 0.1) is 23.5 Å². The minimum Gasteiger partial charge on any atom is -0.444 e. The second-order valence-electron chi connectivity index (χ2n) is 6.90. The Hall–Kier alpha value is -3.89. The molecule has 1 aliphatic rings. The van der Waals surface area contributed by atoms with Gasteiger partial charge in [0.15, 0.2) is 11.5 Å². The Morgan fingerprint density at radius 1 is 1.23 bits per heavy atom. The number of nitrogens with one attached hydrogen (secondary N) is 2. The standard InChI is InChI=1S/C19H15F2N7O2/c20-12-4-5-15(21)26-16(12)17-13(8-28(27-17)11-2-1-3-11)24-18(29)14-9-30-19(25-14)10-6-22-23-7-10/h4-9,11H,1-3H2,(H,22,23)(H,24,29). The zero-order valence-corrected chi connectivity index (χ0v) is 15.5. The van der Waals surface area contributed by atoms with E-state index in [1.165, 1.54) is 12.5 Å². The number of hydrogen-bond acceptors (Lipinski definition) is 6. The summed E-state index contributed by atoms with van der Waals surface area (Å²) in [5, 5.41) is 13.5. The van der Waals surface area contributed by atoms with Gasteiger partial charge in [-0.1, -0.05) is 0 Å². The predicted octanol–water partition coefficient (Wildman–Crippen LogP) is 3.58. The molecule has 0 aliphatic heterocycles. The summed E-state index contributed by atoms with van der Waals surface area (Å²) in [5.41, 5.74) is 0.574. The second-order valence-corrected chi connectivity index (χ2v) is 6.90. The largest absolute Gasteiger partial charge is 0.444 e. The van der Waals surface area contributed by atoms with E-state index in [2.05, 4.69) is 30.6 Å². The van der Waals surface area contributed by atoms with Gasteiger partial charge in [-0.15, -0.1) is 0 Å². The van der Waals surface area contributed by atoms with E-state index in [4.69, 9.17) is 4.42 Å². The lowest BCUT2D eigenvalue weighted by molar-refractivity contribution is 0.102. The van der Waals surface area contributed by atoms with Crippen molar-refractivity contribution in [2.75, 3.05) is 5.32 Å². The molecule has 1 saturated carbocycles. The van der Waals surface area contributed by atoms with Crippen LogP contribution in [0, 0.1) is 11.8 Å². The molecule has 9 nitrogen and oxygen atoms in total. The van der Waals surface area contributed by atoms with Crippen molar-refractivity contribution >= 4 is 11.6 Å². The van der Waals surface area contributed by atoms with Gasteiger partial charge in [0.2, 0.25) is 11.8 Å². The molecule has 4 aromatic heterocycles. The Kier molecular flexibility index (Phi) is 4.34. The molecular weight excluding hydrogens is 396 g/mol. The zero-order chi connectivity index (χ0) is 20.7. The molecule has 1 amide bonds. The number of nitrogens with zero attached hydrogens (tertiary/aromatic N) is 5. The molecule has 0 atom stereocenters. The zero-order valence-electron chi connectivity index (χ0n) is 15.5. The van der Waals surface area contributed by atoms with Crippen molar-refractivity contribution in [2.24, 2.45) is 0 Å². The van der Waals surface area contributed by atoms with Crippen LogP contribution in [0.4, 0.5) is 14.5 Å². The van der Waals surface area contributed by atoms with Crippen molar-refractivity contribution in [3.8, 4) is 22.8 Å². The molecule has 0 radical (unpaired) electrons. The minimum atomic E-state index is -0.844. The third kappa shape index (κ3) is 3.23. The minimum absolute atomic E-state index is 0.0150. The molecule has 0 bridgehead atoms. The molecule has 30 heavy (non-hydrogen) atoms. The van der Waals surface area contributed by atoms with Crippen molar-refractivity contribution in [1.82, 2.24) is 29.9 Å². The summed E-state index contributed by atoms with van der Waals surface area (Å²) in [4.78, 5) is 20.5. The number of aromatic amines is 1. The highest BCUT2D eigenvalue weighted by Crippen LogP contribution is 2.35. The van der Waals surface area contributed by atoms with Crippen LogP contribution in [0.1, 0.15) is 35.8 Å². The SMILES string of the molecule is O=C(Nc1cn(C2CCC2)nc1-c1nc(F)ccc1F)c1coc(-c2cn[nH]c2)n1. The molecule has 5 rings (SSSR count). The fourth-order valence-corrected chi connectivity index (χ4v) is 3.15. The first-order valence-corrected chi connectivity index (χ1v) is 9.26. The van der Waals surface area contributed by atoms with Crippen LogP contribution in [0.25, 0.3) is 22.8 Å². The number of H-pyrrole nitrogens is 1. The summed E-state index contributed by atoms with van der Waals surface area (Å²) in [5.74, 6) is -1.95. The molecule has 0 spiro atoms. The monoisotopic (exact) mass is 411 g/mol. The summed E-state index contributed by atoms with van der Waals surface area (Å²) in [6.45, 7) is 0. The Labute approximate surface area is 168 Å². The van der Waals surface area contributed by atoms with Gasteiger partial charge in [-0.25, -0.2) is 14.4 Å². The van der Waals surface area contributed by atoms with Crippen LogP contribution in [0.15, 0.2) is 41.4 Å². The third-order valence-electron chi connectivity index (χ3n) is 4.95. The molecule has 0 aromatic carbocycles. The summed E-state index contributed by atoms with van der Waals surface area (Å²) >= 11 is 0. The maximum Gasteiger partial charge on any atom is 0.277 e. The number of oxazole rings is 1. The smallest absolute Gasteiger partial charge is 0.277 e. The Bertz CT molecular complexity index is 1210. The normalized spacial score (nSPS) is 13.9. The molecule has 0 unspecified atom stereocenters. The van der Waals surface area contributed by atoms with Gasteiger partial charge in [0, 0.05) is 12.4 Å². The van der Waals surface area contributed by atoms with Gasteiger partial charge in [-0.2, -0.15) is 14.6 Å². The van der Waals surface area contributed by atoms with Crippen LogP contribution in [-0.2, 0) is 0 Å². The second kappa shape index (κ2) is 7.17. The molecule has 4 heterocycles. The van der Waals surface area contributed by atoms with Crippen molar-refractivity contribution in [1.29, 1.82) is 0 Å². The Balaban J connectivity index is 1.48. The number of pyridine rings is 1. The van der Waals surface area contributed by atoms with Crippen molar-refractivity contribution < 1.29 is 18.0 Å². The van der Waals surface area contributed by atoms with E-state index in [1.807, 2.05) is 0 Å². The maximum absolute atomic E-state index is 14.3. The number of amides is 1. The number of carbonyl (C=O) groups excluding carboxylic acids is 1. The predicted molar refractivity (Wildman–Crippen MR) is 100 cm³/mol. The number of rotatable bonds is 5. The molecule has 152 valence electrons. The van der Waals surface area contributed by atoms with Gasteiger partial charge in [-0.05, 0) is 31.4 Å². The molecule has 2 N–H and O–H groups in total. The van der Waals surface area contributed by atoms with Crippen molar-refractivity contribution in [2.45, 2.75) is 25.3 Å². The summed E-state index contributed by atoms with van der Waals surface area (Å²) in [7, 11) is 0. The van der Waals surface area contributed by atoms with E-state index in [0.717, 1.165) is 31.4 Å². The Morgan fingerprint density at radius 2 is 2.10 bits per heavy atom. The summed E-state index contributed by atoms with van der Waals surface area (Å²) in [6.07, 6.45) is 8.79.